The number of amides is 1. The van der Waals surface area contributed by atoms with Crippen molar-refractivity contribution >= 4 is 11.7 Å². The van der Waals surface area contributed by atoms with Gasteiger partial charge in [0, 0.05) is 16.4 Å². The van der Waals surface area contributed by atoms with Gasteiger partial charge in [0.25, 0.3) is 0 Å². The first-order chi connectivity index (χ1) is 8.99. The van der Waals surface area contributed by atoms with Gasteiger partial charge >= 0.3 is 0 Å². The van der Waals surface area contributed by atoms with Crippen LogP contribution in [0.15, 0.2) is 0 Å². The standard InChI is InChI=1S/C18H35NO2/c1-13(20)16(5,6)12-18(9,10)19-14(21)17(7,8)11-15(2,3)4/h11-12H2,1-10H3,(H,19,21). The van der Waals surface area contributed by atoms with Crippen LogP contribution in [0.25, 0.3) is 0 Å². The van der Waals surface area contributed by atoms with Crippen LogP contribution in [0.3, 0.4) is 0 Å². The predicted molar refractivity (Wildman–Crippen MR) is 89.2 cm³/mol. The van der Waals surface area contributed by atoms with Gasteiger partial charge in [-0.2, -0.15) is 0 Å². The van der Waals surface area contributed by atoms with Crippen molar-refractivity contribution in [3.8, 4) is 0 Å². The van der Waals surface area contributed by atoms with Crippen LogP contribution in [0.2, 0.25) is 0 Å². The first-order valence-electron chi connectivity index (χ1n) is 7.82. The van der Waals surface area contributed by atoms with Crippen molar-refractivity contribution in [2.45, 2.75) is 87.6 Å². The Morgan fingerprint density at radius 1 is 0.762 bits per heavy atom. The first kappa shape index (κ1) is 20.1. The highest BCUT2D eigenvalue weighted by molar-refractivity contribution is 5.83. The molecule has 21 heavy (non-hydrogen) atoms. The molecule has 3 heteroatoms. The van der Waals surface area contributed by atoms with E-state index < -0.39 is 16.4 Å². The first-order valence-corrected chi connectivity index (χ1v) is 7.82. The zero-order valence-electron chi connectivity index (χ0n) is 15.7. The van der Waals surface area contributed by atoms with Gasteiger partial charge in [-0.15, -0.1) is 0 Å². The molecule has 0 saturated heterocycles. The maximum atomic E-state index is 12.6. The van der Waals surface area contributed by atoms with Crippen LogP contribution >= 0.6 is 0 Å². The van der Waals surface area contributed by atoms with Crippen molar-refractivity contribution in [1.82, 2.24) is 5.32 Å². The fraction of sp³-hybridized carbons (Fsp3) is 0.889. The zero-order valence-corrected chi connectivity index (χ0v) is 15.7. The summed E-state index contributed by atoms with van der Waals surface area (Å²) in [5.41, 5.74) is -1.15. The van der Waals surface area contributed by atoms with E-state index in [2.05, 4.69) is 26.1 Å². The predicted octanol–water partition coefficient (Wildman–Crippen LogP) is 4.35. The zero-order chi connectivity index (χ0) is 17.3. The van der Waals surface area contributed by atoms with Crippen molar-refractivity contribution < 1.29 is 9.59 Å². The van der Waals surface area contributed by atoms with Crippen molar-refractivity contribution in [2.75, 3.05) is 0 Å². The molecule has 0 heterocycles. The molecule has 0 aliphatic heterocycles. The Labute approximate surface area is 131 Å². The van der Waals surface area contributed by atoms with Gasteiger partial charge in [0.2, 0.25) is 5.91 Å². The van der Waals surface area contributed by atoms with Gasteiger partial charge in [-0.3, -0.25) is 9.59 Å². The van der Waals surface area contributed by atoms with Crippen molar-refractivity contribution in [2.24, 2.45) is 16.2 Å². The number of hydrogen-bond donors (Lipinski definition) is 1. The number of hydrogen-bond acceptors (Lipinski definition) is 2. The van der Waals surface area contributed by atoms with Gasteiger partial charge in [0.05, 0.1) is 0 Å². The molecule has 0 atom stereocenters. The summed E-state index contributed by atoms with van der Waals surface area (Å²) in [4.78, 5) is 24.3. The SMILES string of the molecule is CC(=O)C(C)(C)CC(C)(C)NC(=O)C(C)(C)CC(C)(C)C. The van der Waals surface area contributed by atoms with Crippen LogP contribution in [-0.2, 0) is 9.59 Å². The summed E-state index contributed by atoms with van der Waals surface area (Å²) in [7, 11) is 0. The lowest BCUT2D eigenvalue weighted by Gasteiger charge is -2.38. The summed E-state index contributed by atoms with van der Waals surface area (Å²) in [5, 5.41) is 3.14. The van der Waals surface area contributed by atoms with E-state index in [1.165, 1.54) is 0 Å². The topological polar surface area (TPSA) is 46.2 Å². The van der Waals surface area contributed by atoms with E-state index in [0.29, 0.717) is 6.42 Å². The molecule has 0 fully saturated rings. The third kappa shape index (κ3) is 7.10. The lowest BCUT2D eigenvalue weighted by atomic mass is 9.74. The van der Waals surface area contributed by atoms with Gasteiger partial charge in [-0.1, -0.05) is 48.5 Å². The number of carbonyl (C=O) groups excluding carboxylic acids is 2. The monoisotopic (exact) mass is 297 g/mol. The van der Waals surface area contributed by atoms with Crippen molar-refractivity contribution in [3.05, 3.63) is 0 Å². The lowest BCUT2D eigenvalue weighted by Crippen LogP contribution is -2.52. The van der Waals surface area contributed by atoms with Gasteiger partial charge in [-0.25, -0.2) is 0 Å². The Kier molecular flexibility index (Phi) is 5.85. The minimum atomic E-state index is -0.426. The van der Waals surface area contributed by atoms with E-state index in [4.69, 9.17) is 0 Å². The molecule has 0 spiro atoms. The highest BCUT2D eigenvalue weighted by Crippen LogP contribution is 2.35. The second-order valence-corrected chi connectivity index (χ2v) is 9.58. The largest absolute Gasteiger partial charge is 0.351 e. The number of carbonyl (C=O) groups is 2. The van der Waals surface area contributed by atoms with Crippen LogP contribution in [0, 0.1) is 16.2 Å². The second kappa shape index (κ2) is 6.10. The van der Waals surface area contributed by atoms with E-state index in [0.717, 1.165) is 6.42 Å². The van der Waals surface area contributed by atoms with Crippen LogP contribution in [0.1, 0.15) is 82.1 Å². The summed E-state index contributed by atoms with van der Waals surface area (Å²) >= 11 is 0. The highest BCUT2D eigenvalue weighted by Gasteiger charge is 2.38. The molecule has 3 nitrogen and oxygen atoms in total. The van der Waals surface area contributed by atoms with Crippen LogP contribution in [0.4, 0.5) is 0 Å². The number of nitrogens with one attached hydrogen (secondary N) is 1. The molecule has 0 aliphatic rings. The normalized spacial score (nSPS) is 14.0. The van der Waals surface area contributed by atoms with Gasteiger partial charge in [-0.05, 0) is 39.0 Å². The summed E-state index contributed by atoms with van der Waals surface area (Å²) in [6, 6.07) is 0. The molecule has 0 bridgehead atoms. The smallest absolute Gasteiger partial charge is 0.226 e. The van der Waals surface area contributed by atoms with E-state index in [9.17, 15) is 9.59 Å². The fourth-order valence-electron chi connectivity index (χ4n) is 3.16. The highest BCUT2D eigenvalue weighted by atomic mass is 16.2. The Bertz CT molecular complexity index is 398. The van der Waals surface area contributed by atoms with Crippen molar-refractivity contribution in [3.63, 3.8) is 0 Å². The van der Waals surface area contributed by atoms with Gasteiger partial charge in [0.15, 0.2) is 0 Å². The Hall–Kier alpha value is -0.860. The Morgan fingerprint density at radius 3 is 1.52 bits per heavy atom. The lowest BCUT2D eigenvalue weighted by molar-refractivity contribution is -0.134. The molecule has 1 amide bonds. The number of ketones is 1. The molecule has 0 radical (unpaired) electrons. The Morgan fingerprint density at radius 2 is 1.19 bits per heavy atom. The van der Waals surface area contributed by atoms with Crippen molar-refractivity contribution in [1.29, 1.82) is 0 Å². The maximum absolute atomic E-state index is 12.6. The summed E-state index contributed by atoms with van der Waals surface area (Å²) in [6.45, 7) is 19.9. The van der Waals surface area contributed by atoms with Crippen LogP contribution in [0.5, 0.6) is 0 Å². The third-order valence-electron chi connectivity index (χ3n) is 3.88. The molecule has 0 aliphatic carbocycles. The molecule has 0 aromatic rings. The van der Waals surface area contributed by atoms with E-state index in [1.807, 2.05) is 41.5 Å². The average Bonchev–Trinajstić information content (AvgIpc) is 2.09. The van der Waals surface area contributed by atoms with Crippen LogP contribution in [-0.4, -0.2) is 17.2 Å². The molecular formula is C18H35NO2. The molecule has 0 aromatic heterocycles. The molecule has 0 rings (SSSR count). The van der Waals surface area contributed by atoms with E-state index in [-0.39, 0.29) is 17.1 Å². The molecule has 0 aromatic carbocycles. The minimum absolute atomic E-state index is 0.0572. The van der Waals surface area contributed by atoms with Gasteiger partial charge < -0.3 is 5.32 Å². The fourth-order valence-corrected chi connectivity index (χ4v) is 3.16. The van der Waals surface area contributed by atoms with E-state index >= 15 is 0 Å². The Balaban J connectivity index is 4.94. The van der Waals surface area contributed by atoms with Crippen LogP contribution < -0.4 is 5.32 Å². The molecule has 1 N–H and O–H groups in total. The third-order valence-corrected chi connectivity index (χ3v) is 3.88. The molecule has 0 saturated carbocycles. The molecule has 0 unspecified atom stereocenters. The maximum Gasteiger partial charge on any atom is 0.226 e. The number of rotatable bonds is 6. The minimum Gasteiger partial charge on any atom is -0.351 e. The molecular weight excluding hydrogens is 262 g/mol. The van der Waals surface area contributed by atoms with E-state index in [1.54, 1.807) is 6.92 Å². The summed E-state index contributed by atoms with van der Waals surface area (Å²) in [5.74, 6) is 0.209. The number of Topliss-reactive ketones (excluding diaryl/α,β-unsaturated/α-hetero) is 1. The molecule has 124 valence electrons. The summed E-state index contributed by atoms with van der Waals surface area (Å²) in [6.07, 6.45) is 1.45. The summed E-state index contributed by atoms with van der Waals surface area (Å²) < 4.78 is 0. The second-order valence-electron chi connectivity index (χ2n) is 9.58. The van der Waals surface area contributed by atoms with Gasteiger partial charge in [0.1, 0.15) is 5.78 Å². The average molecular weight is 297 g/mol. The quantitative estimate of drug-likeness (QED) is 0.792.